The summed E-state index contributed by atoms with van der Waals surface area (Å²) >= 11 is 0. The Morgan fingerprint density at radius 3 is 1.96 bits per heavy atom. The van der Waals surface area contributed by atoms with E-state index < -0.39 is 41.9 Å². The molecule has 0 saturated carbocycles. The highest BCUT2D eigenvalue weighted by Crippen LogP contribution is 2.08. The van der Waals surface area contributed by atoms with Gasteiger partial charge in [0.2, 0.25) is 11.8 Å². The maximum Gasteiger partial charge on any atom is 0.326 e. The molecule has 0 aromatic heterocycles. The van der Waals surface area contributed by atoms with Crippen LogP contribution in [0.15, 0.2) is 0 Å². The van der Waals surface area contributed by atoms with Crippen LogP contribution in [-0.2, 0) is 14.4 Å². The Labute approximate surface area is 159 Å². The van der Waals surface area contributed by atoms with Crippen LogP contribution in [0.25, 0.3) is 0 Å². The van der Waals surface area contributed by atoms with E-state index in [-0.39, 0.29) is 24.8 Å². The summed E-state index contributed by atoms with van der Waals surface area (Å²) in [5, 5.41) is 16.7. The molecule has 0 bridgehead atoms. The summed E-state index contributed by atoms with van der Waals surface area (Å²) < 4.78 is 0. The molecule has 8 N–H and O–H groups in total. The van der Waals surface area contributed by atoms with E-state index in [9.17, 15) is 24.3 Å². The second-order valence-electron chi connectivity index (χ2n) is 7.29. The van der Waals surface area contributed by atoms with Crippen molar-refractivity contribution in [3.8, 4) is 0 Å². The number of urea groups is 1. The van der Waals surface area contributed by atoms with Gasteiger partial charge in [-0.15, -0.1) is 0 Å². The highest BCUT2D eigenvalue weighted by molar-refractivity contribution is 5.91. The van der Waals surface area contributed by atoms with Gasteiger partial charge in [0.25, 0.3) is 0 Å². The topological polar surface area (TPSA) is 177 Å². The minimum atomic E-state index is -1.20. The summed E-state index contributed by atoms with van der Waals surface area (Å²) in [6.07, 6.45) is 0.771. The molecule has 3 atom stereocenters. The average molecular weight is 387 g/mol. The van der Waals surface area contributed by atoms with E-state index in [4.69, 9.17) is 11.5 Å². The van der Waals surface area contributed by atoms with E-state index in [0.717, 1.165) is 0 Å². The molecule has 10 nitrogen and oxygen atoms in total. The Morgan fingerprint density at radius 1 is 0.963 bits per heavy atom. The predicted octanol–water partition coefficient (Wildman–Crippen LogP) is -0.481. The summed E-state index contributed by atoms with van der Waals surface area (Å²) in [6.45, 7) is 7.56. The van der Waals surface area contributed by atoms with Crippen LogP contribution in [-0.4, -0.2) is 53.6 Å². The Hall–Kier alpha value is -2.36. The third-order valence-electron chi connectivity index (χ3n) is 3.94. The lowest BCUT2D eigenvalue weighted by Crippen LogP contribution is -2.55. The minimum absolute atomic E-state index is 0.0966. The second-order valence-corrected chi connectivity index (χ2v) is 7.29. The Balaban J connectivity index is 4.93. The molecular weight excluding hydrogens is 354 g/mol. The first-order valence-electron chi connectivity index (χ1n) is 9.08. The van der Waals surface area contributed by atoms with E-state index in [1.54, 1.807) is 13.8 Å². The van der Waals surface area contributed by atoms with Crippen LogP contribution in [0.4, 0.5) is 4.79 Å². The third-order valence-corrected chi connectivity index (χ3v) is 3.94. The number of hydrogen-bond acceptors (Lipinski definition) is 5. The highest BCUT2D eigenvalue weighted by atomic mass is 16.4. The first kappa shape index (κ1) is 24.6. The van der Waals surface area contributed by atoms with Gasteiger partial charge in [0.05, 0.1) is 6.04 Å². The molecule has 4 amide bonds. The molecule has 0 heterocycles. The number of amides is 4. The maximum absolute atomic E-state index is 12.5. The maximum atomic E-state index is 12.5. The van der Waals surface area contributed by atoms with E-state index in [1.165, 1.54) is 0 Å². The Bertz CT molecular complexity index is 524. The van der Waals surface area contributed by atoms with Crippen molar-refractivity contribution in [3.05, 3.63) is 0 Å². The van der Waals surface area contributed by atoms with Crippen LogP contribution in [0, 0.1) is 11.8 Å². The summed E-state index contributed by atoms with van der Waals surface area (Å²) in [5.74, 6) is -2.24. The Kier molecular flexibility index (Phi) is 11.0. The fourth-order valence-electron chi connectivity index (χ4n) is 2.32. The number of aliphatic carboxylic acids is 1. The van der Waals surface area contributed by atoms with E-state index >= 15 is 0 Å². The van der Waals surface area contributed by atoms with Gasteiger partial charge in [-0.1, -0.05) is 27.7 Å². The van der Waals surface area contributed by atoms with Crippen LogP contribution in [0.1, 0.15) is 47.0 Å². The number of primary amides is 1. The van der Waals surface area contributed by atoms with Crippen molar-refractivity contribution in [2.75, 3.05) is 6.54 Å². The molecule has 10 heteroatoms. The van der Waals surface area contributed by atoms with Gasteiger partial charge in [-0.3, -0.25) is 9.59 Å². The lowest BCUT2D eigenvalue weighted by Gasteiger charge is -2.25. The summed E-state index contributed by atoms with van der Waals surface area (Å²) in [6, 6.07) is -3.49. The zero-order chi connectivity index (χ0) is 21.1. The van der Waals surface area contributed by atoms with Crippen LogP contribution < -0.4 is 27.4 Å². The first-order chi connectivity index (χ1) is 12.5. The summed E-state index contributed by atoms with van der Waals surface area (Å²) in [7, 11) is 0. The standard InChI is InChI=1S/C17H33N5O5/c1-9(2)8-12(22-15(24)13(18)10(3)4)14(23)21-11(16(25)26)6-5-7-20-17(19)27/h9-13H,5-8,18H2,1-4H3,(H,21,23)(H,22,24)(H,25,26)(H3,19,20,27)/t11-,12-,13-/m0/s1. The number of carboxylic acids is 1. The van der Waals surface area contributed by atoms with Crippen LogP contribution in [0.2, 0.25) is 0 Å². The SMILES string of the molecule is CC(C)C[C@H](NC(=O)[C@@H](N)C(C)C)C(=O)N[C@@H](CCCNC(N)=O)C(=O)O. The van der Waals surface area contributed by atoms with Gasteiger partial charge in [-0.25, -0.2) is 9.59 Å². The van der Waals surface area contributed by atoms with Gasteiger partial charge in [0, 0.05) is 6.54 Å². The summed E-state index contributed by atoms with van der Waals surface area (Å²) in [5.41, 5.74) is 10.8. The first-order valence-corrected chi connectivity index (χ1v) is 9.08. The monoisotopic (exact) mass is 387 g/mol. The molecule has 0 aliphatic rings. The van der Waals surface area contributed by atoms with Crippen LogP contribution in [0.5, 0.6) is 0 Å². The normalized spacial score (nSPS) is 14.3. The molecule has 0 saturated heterocycles. The van der Waals surface area contributed by atoms with Gasteiger partial charge < -0.3 is 32.5 Å². The molecular formula is C17H33N5O5. The van der Waals surface area contributed by atoms with Gasteiger partial charge in [0.1, 0.15) is 12.1 Å². The molecule has 0 spiro atoms. The van der Waals surface area contributed by atoms with Crippen molar-refractivity contribution in [2.24, 2.45) is 23.3 Å². The molecule has 0 aromatic carbocycles. The van der Waals surface area contributed by atoms with Crippen molar-refractivity contribution >= 4 is 23.8 Å². The Morgan fingerprint density at radius 2 is 1.52 bits per heavy atom. The van der Waals surface area contributed by atoms with Crippen LogP contribution >= 0.6 is 0 Å². The van der Waals surface area contributed by atoms with Crippen LogP contribution in [0.3, 0.4) is 0 Å². The van der Waals surface area contributed by atoms with Crippen molar-refractivity contribution in [3.63, 3.8) is 0 Å². The zero-order valence-corrected chi connectivity index (χ0v) is 16.5. The van der Waals surface area contributed by atoms with E-state index in [1.807, 2.05) is 13.8 Å². The smallest absolute Gasteiger partial charge is 0.326 e. The van der Waals surface area contributed by atoms with Gasteiger partial charge in [-0.05, 0) is 31.1 Å². The van der Waals surface area contributed by atoms with Crippen molar-refractivity contribution in [2.45, 2.75) is 65.1 Å². The van der Waals surface area contributed by atoms with Crippen molar-refractivity contribution in [1.29, 1.82) is 0 Å². The molecule has 0 aliphatic carbocycles. The lowest BCUT2D eigenvalue weighted by atomic mass is 10.00. The highest BCUT2D eigenvalue weighted by Gasteiger charge is 2.29. The van der Waals surface area contributed by atoms with E-state index in [2.05, 4.69) is 16.0 Å². The minimum Gasteiger partial charge on any atom is -0.480 e. The largest absolute Gasteiger partial charge is 0.480 e. The molecule has 0 radical (unpaired) electrons. The number of rotatable bonds is 12. The fourth-order valence-corrected chi connectivity index (χ4v) is 2.32. The predicted molar refractivity (Wildman–Crippen MR) is 101 cm³/mol. The lowest BCUT2D eigenvalue weighted by molar-refractivity contribution is -0.142. The number of nitrogens with one attached hydrogen (secondary N) is 3. The van der Waals surface area contributed by atoms with E-state index in [0.29, 0.717) is 12.8 Å². The molecule has 0 unspecified atom stereocenters. The quantitative estimate of drug-likeness (QED) is 0.246. The third kappa shape index (κ3) is 10.4. The molecule has 0 rings (SSSR count). The molecule has 0 aromatic rings. The second kappa shape index (κ2) is 12.1. The van der Waals surface area contributed by atoms with Gasteiger partial charge >= 0.3 is 12.0 Å². The molecule has 27 heavy (non-hydrogen) atoms. The fraction of sp³-hybridized carbons (Fsp3) is 0.765. The average Bonchev–Trinajstić information content (AvgIpc) is 2.54. The number of carbonyl (C=O) groups excluding carboxylic acids is 3. The molecule has 156 valence electrons. The van der Waals surface area contributed by atoms with Crippen molar-refractivity contribution in [1.82, 2.24) is 16.0 Å². The number of hydrogen-bond donors (Lipinski definition) is 6. The van der Waals surface area contributed by atoms with Gasteiger partial charge in [0.15, 0.2) is 0 Å². The summed E-state index contributed by atoms with van der Waals surface area (Å²) in [4.78, 5) is 46.8. The zero-order valence-electron chi connectivity index (χ0n) is 16.5. The van der Waals surface area contributed by atoms with Crippen molar-refractivity contribution < 1.29 is 24.3 Å². The molecule has 0 aliphatic heterocycles. The molecule has 0 fully saturated rings. The number of carbonyl (C=O) groups is 4. The van der Waals surface area contributed by atoms with Gasteiger partial charge in [-0.2, -0.15) is 0 Å². The number of carboxylic acid groups (broad SMARTS) is 1. The number of nitrogens with two attached hydrogens (primary N) is 2.